The molecule has 2 aromatic rings. The molecular weight excluding hydrogens is 490 g/mol. The predicted molar refractivity (Wildman–Crippen MR) is 152 cm³/mol. The van der Waals surface area contributed by atoms with Crippen LogP contribution in [0.3, 0.4) is 0 Å². The normalized spacial score (nSPS) is 25.8. The summed E-state index contributed by atoms with van der Waals surface area (Å²) in [6, 6.07) is 13.0. The molecule has 8 nitrogen and oxygen atoms in total. The highest BCUT2D eigenvalue weighted by Crippen LogP contribution is 2.40. The number of aliphatic imine (C=N–C) groups is 1. The highest BCUT2D eigenvalue weighted by Gasteiger charge is 2.48. The van der Waals surface area contributed by atoms with Crippen LogP contribution in [0.5, 0.6) is 11.6 Å². The van der Waals surface area contributed by atoms with Crippen molar-refractivity contribution in [1.29, 1.82) is 0 Å². The second-order valence-corrected chi connectivity index (χ2v) is 11.6. The Hall–Kier alpha value is -3.42. The summed E-state index contributed by atoms with van der Waals surface area (Å²) in [6.07, 6.45) is 14.3. The molecular formula is C31H41N5O3. The largest absolute Gasteiger partial charge is 0.439 e. The van der Waals surface area contributed by atoms with E-state index in [1.165, 1.54) is 37.0 Å². The smallest absolute Gasteiger partial charge is 0.257 e. The third-order valence-corrected chi connectivity index (χ3v) is 8.77. The Labute approximate surface area is 231 Å². The van der Waals surface area contributed by atoms with Gasteiger partial charge in [-0.2, -0.15) is 0 Å². The van der Waals surface area contributed by atoms with Crippen LogP contribution in [0.15, 0.2) is 53.7 Å². The van der Waals surface area contributed by atoms with E-state index in [4.69, 9.17) is 15.5 Å². The van der Waals surface area contributed by atoms with Crippen LogP contribution in [0.4, 0.5) is 0 Å². The Kier molecular flexibility index (Phi) is 8.48. The van der Waals surface area contributed by atoms with Crippen LogP contribution in [0.2, 0.25) is 0 Å². The minimum atomic E-state index is -0.759. The number of hydrogen-bond donors (Lipinski definition) is 2. The summed E-state index contributed by atoms with van der Waals surface area (Å²) in [5, 5.41) is 3.21. The number of ether oxygens (including phenoxy) is 1. The molecule has 2 amide bonds. The van der Waals surface area contributed by atoms with Crippen LogP contribution in [0, 0.1) is 11.8 Å². The van der Waals surface area contributed by atoms with E-state index in [0.29, 0.717) is 41.4 Å². The molecule has 0 radical (unpaired) electrons. The molecule has 1 aliphatic heterocycles. The fourth-order valence-electron chi connectivity index (χ4n) is 6.61. The number of hydrogen-bond acceptors (Lipinski definition) is 6. The summed E-state index contributed by atoms with van der Waals surface area (Å²) in [7, 11) is 1.73. The maximum Gasteiger partial charge on any atom is 0.257 e. The lowest BCUT2D eigenvalue weighted by atomic mass is 9.74. The van der Waals surface area contributed by atoms with E-state index in [0.717, 1.165) is 38.5 Å². The van der Waals surface area contributed by atoms with E-state index in [1.807, 2.05) is 30.3 Å². The molecule has 0 unspecified atom stereocenters. The Morgan fingerprint density at radius 1 is 1.05 bits per heavy atom. The second-order valence-electron chi connectivity index (χ2n) is 11.6. The van der Waals surface area contributed by atoms with Crippen molar-refractivity contribution >= 4 is 17.8 Å². The van der Waals surface area contributed by atoms with Crippen LogP contribution < -0.4 is 15.8 Å². The summed E-state index contributed by atoms with van der Waals surface area (Å²) < 4.78 is 5.74. The van der Waals surface area contributed by atoms with Crippen molar-refractivity contribution in [2.75, 3.05) is 7.05 Å². The molecule has 2 aliphatic carbocycles. The van der Waals surface area contributed by atoms with E-state index in [9.17, 15) is 9.59 Å². The third-order valence-electron chi connectivity index (χ3n) is 8.77. The summed E-state index contributed by atoms with van der Waals surface area (Å²) in [4.78, 5) is 37.1. The number of nitrogens with two attached hydrogens (primary N) is 1. The van der Waals surface area contributed by atoms with Gasteiger partial charge in [0.1, 0.15) is 11.3 Å². The van der Waals surface area contributed by atoms with E-state index in [1.54, 1.807) is 25.4 Å². The average Bonchev–Trinajstić information content (AvgIpc) is 3.17. The van der Waals surface area contributed by atoms with Gasteiger partial charge in [-0.1, -0.05) is 63.1 Å². The molecule has 208 valence electrons. The second kappa shape index (κ2) is 12.2. The van der Waals surface area contributed by atoms with Gasteiger partial charge in [0.05, 0.1) is 5.56 Å². The molecule has 0 bridgehead atoms. The molecule has 1 aromatic heterocycles. The van der Waals surface area contributed by atoms with Gasteiger partial charge in [0, 0.05) is 25.4 Å². The number of benzene rings is 1. The van der Waals surface area contributed by atoms with E-state index < -0.39 is 5.54 Å². The zero-order chi connectivity index (χ0) is 27.2. The summed E-state index contributed by atoms with van der Waals surface area (Å²) in [5.41, 5.74) is 5.90. The molecule has 2 heterocycles. The number of rotatable bonds is 9. The van der Waals surface area contributed by atoms with Crippen molar-refractivity contribution in [3.63, 3.8) is 0 Å². The van der Waals surface area contributed by atoms with Crippen molar-refractivity contribution < 1.29 is 14.3 Å². The van der Waals surface area contributed by atoms with Crippen LogP contribution in [0.1, 0.15) is 87.4 Å². The van der Waals surface area contributed by atoms with Gasteiger partial charge in [0.2, 0.25) is 5.88 Å². The first-order valence-corrected chi connectivity index (χ1v) is 14.6. The lowest BCUT2D eigenvalue weighted by molar-refractivity contribution is -0.131. The topological polar surface area (TPSA) is 110 Å². The quantitative estimate of drug-likeness (QED) is 0.448. The lowest BCUT2D eigenvalue weighted by Gasteiger charge is -2.35. The first kappa shape index (κ1) is 27.2. The minimum absolute atomic E-state index is 0.0332. The van der Waals surface area contributed by atoms with E-state index in [2.05, 4.69) is 10.3 Å². The number of aromatic nitrogens is 1. The zero-order valence-corrected chi connectivity index (χ0v) is 23.0. The monoisotopic (exact) mass is 531 g/mol. The summed E-state index contributed by atoms with van der Waals surface area (Å²) in [6.45, 7) is 0. The molecule has 5 rings (SSSR count). The summed E-state index contributed by atoms with van der Waals surface area (Å²) in [5.74, 6) is 2.36. The van der Waals surface area contributed by atoms with E-state index in [-0.39, 0.29) is 17.9 Å². The molecule has 0 saturated heterocycles. The van der Waals surface area contributed by atoms with Gasteiger partial charge in [0.25, 0.3) is 11.8 Å². The Balaban J connectivity index is 1.19. The Morgan fingerprint density at radius 3 is 2.51 bits per heavy atom. The maximum absolute atomic E-state index is 13.4. The number of amides is 2. The highest BCUT2D eigenvalue weighted by molar-refractivity contribution is 6.06. The van der Waals surface area contributed by atoms with Crippen LogP contribution in [-0.2, 0) is 4.79 Å². The number of guanidine groups is 1. The van der Waals surface area contributed by atoms with Crippen LogP contribution in [0.25, 0.3) is 0 Å². The average molecular weight is 532 g/mol. The van der Waals surface area contributed by atoms with Gasteiger partial charge < -0.3 is 15.8 Å². The van der Waals surface area contributed by atoms with Gasteiger partial charge in [-0.15, -0.1) is 0 Å². The number of para-hydroxylation sites is 1. The van der Waals surface area contributed by atoms with Gasteiger partial charge in [-0.25, -0.2) is 9.98 Å². The predicted octanol–water partition coefficient (Wildman–Crippen LogP) is 5.44. The number of pyridine rings is 1. The van der Waals surface area contributed by atoms with Gasteiger partial charge in [0.15, 0.2) is 5.96 Å². The molecule has 8 heteroatoms. The van der Waals surface area contributed by atoms with Crippen LogP contribution in [-0.4, -0.2) is 46.3 Å². The lowest BCUT2D eigenvalue weighted by Crippen LogP contribution is -2.45. The fraction of sp³-hybridized carbons (Fsp3) is 0.548. The third kappa shape index (κ3) is 6.60. The van der Waals surface area contributed by atoms with Crippen molar-refractivity contribution in [2.24, 2.45) is 22.6 Å². The SMILES string of the molecule is CN1C(=O)[C@@](CCC2CCCCC2)(C[C@H]2CCC[C@@H](NC(=O)c3ccc(Oc4ccccc4)nc3)C2)N=C1N. The Bertz CT molecular complexity index is 1160. The molecule has 1 aromatic carbocycles. The van der Waals surface area contributed by atoms with Gasteiger partial charge in [-0.3, -0.25) is 14.5 Å². The number of nitrogens with zero attached hydrogens (tertiary/aromatic N) is 3. The number of nitrogens with one attached hydrogen (secondary N) is 1. The number of likely N-dealkylation sites (N-methyl/N-ethyl adjacent to an activating group) is 1. The van der Waals surface area contributed by atoms with Gasteiger partial charge in [-0.05, 0) is 62.1 Å². The molecule has 39 heavy (non-hydrogen) atoms. The first-order chi connectivity index (χ1) is 18.9. The zero-order valence-electron chi connectivity index (χ0n) is 23.0. The van der Waals surface area contributed by atoms with Crippen molar-refractivity contribution in [3.05, 3.63) is 54.2 Å². The fourth-order valence-corrected chi connectivity index (χ4v) is 6.61. The molecule has 3 N–H and O–H groups in total. The minimum Gasteiger partial charge on any atom is -0.439 e. The molecule has 2 saturated carbocycles. The standard InChI is InChI=1S/C31H41N5O3/c1-36-29(38)31(35-30(36)32,18-17-22-9-4-2-5-10-22)20-23-11-8-12-25(19-23)34-28(37)24-15-16-27(33-21-24)39-26-13-6-3-7-14-26/h3,6-7,13-16,21-23,25H,2,4-5,8-12,17-20H2,1H3,(H2,32,35)(H,34,37)/t23-,25+,31+/m0/s1. The highest BCUT2D eigenvalue weighted by atomic mass is 16.5. The van der Waals surface area contributed by atoms with E-state index >= 15 is 0 Å². The maximum atomic E-state index is 13.4. The Morgan fingerprint density at radius 2 is 1.82 bits per heavy atom. The number of carbonyl (C=O) groups excluding carboxylic acids is 2. The molecule has 2 fully saturated rings. The molecule has 3 aliphatic rings. The van der Waals surface area contributed by atoms with Gasteiger partial charge >= 0.3 is 0 Å². The van der Waals surface area contributed by atoms with Crippen molar-refractivity contribution in [2.45, 2.75) is 88.6 Å². The summed E-state index contributed by atoms with van der Waals surface area (Å²) >= 11 is 0. The molecule has 0 spiro atoms. The number of carbonyl (C=O) groups is 2. The molecule has 3 atom stereocenters. The van der Waals surface area contributed by atoms with Crippen molar-refractivity contribution in [1.82, 2.24) is 15.2 Å². The van der Waals surface area contributed by atoms with Crippen molar-refractivity contribution in [3.8, 4) is 11.6 Å². The first-order valence-electron chi connectivity index (χ1n) is 14.6. The van der Waals surface area contributed by atoms with Crippen LogP contribution >= 0.6 is 0 Å².